The SMILES string of the molecule is Cc1ccc(NC(=O)c2cccc(-n3cc(N)cn3)c2)cn1. The monoisotopic (exact) mass is 293 g/mol. The highest BCUT2D eigenvalue weighted by Gasteiger charge is 2.08. The summed E-state index contributed by atoms with van der Waals surface area (Å²) in [7, 11) is 0. The highest BCUT2D eigenvalue weighted by molar-refractivity contribution is 6.04. The van der Waals surface area contributed by atoms with Gasteiger partial charge in [-0.3, -0.25) is 9.78 Å². The fourth-order valence-corrected chi connectivity index (χ4v) is 2.01. The zero-order valence-corrected chi connectivity index (χ0v) is 12.0. The van der Waals surface area contributed by atoms with Crippen molar-refractivity contribution >= 4 is 17.3 Å². The van der Waals surface area contributed by atoms with Crippen molar-refractivity contribution in [2.45, 2.75) is 6.92 Å². The molecule has 0 saturated carbocycles. The molecule has 0 bridgehead atoms. The van der Waals surface area contributed by atoms with Crippen LogP contribution in [0.2, 0.25) is 0 Å². The van der Waals surface area contributed by atoms with Gasteiger partial charge in [0, 0.05) is 11.3 Å². The van der Waals surface area contributed by atoms with E-state index in [2.05, 4.69) is 15.4 Å². The lowest BCUT2D eigenvalue weighted by Gasteiger charge is -2.07. The van der Waals surface area contributed by atoms with Crippen LogP contribution in [0.4, 0.5) is 11.4 Å². The van der Waals surface area contributed by atoms with Crippen LogP contribution in [-0.4, -0.2) is 20.7 Å². The number of nitrogens with two attached hydrogens (primary N) is 1. The van der Waals surface area contributed by atoms with Gasteiger partial charge in [0.25, 0.3) is 5.91 Å². The highest BCUT2D eigenvalue weighted by Crippen LogP contribution is 2.14. The lowest BCUT2D eigenvalue weighted by Crippen LogP contribution is -2.12. The number of anilines is 2. The van der Waals surface area contributed by atoms with Crippen molar-refractivity contribution in [2.75, 3.05) is 11.1 Å². The lowest BCUT2D eigenvalue weighted by atomic mass is 10.2. The Balaban J connectivity index is 1.82. The number of carbonyl (C=O) groups excluding carboxylic acids is 1. The summed E-state index contributed by atoms with van der Waals surface area (Å²) in [6.07, 6.45) is 4.89. The molecule has 0 unspecified atom stereocenters. The molecule has 22 heavy (non-hydrogen) atoms. The van der Waals surface area contributed by atoms with E-state index in [0.29, 0.717) is 16.9 Å². The second kappa shape index (κ2) is 5.69. The molecule has 0 radical (unpaired) electrons. The Hall–Kier alpha value is -3.15. The Bertz CT molecular complexity index is 807. The summed E-state index contributed by atoms with van der Waals surface area (Å²) >= 11 is 0. The van der Waals surface area contributed by atoms with Crippen molar-refractivity contribution in [3.63, 3.8) is 0 Å². The molecule has 6 nitrogen and oxygen atoms in total. The molecule has 6 heteroatoms. The topological polar surface area (TPSA) is 85.8 Å². The number of amides is 1. The summed E-state index contributed by atoms with van der Waals surface area (Å²) in [5.74, 6) is -0.201. The number of pyridine rings is 1. The number of hydrogen-bond donors (Lipinski definition) is 2. The molecule has 0 aliphatic heterocycles. The number of carbonyl (C=O) groups is 1. The van der Waals surface area contributed by atoms with Gasteiger partial charge in [-0.05, 0) is 37.3 Å². The van der Waals surface area contributed by atoms with Gasteiger partial charge in [0.2, 0.25) is 0 Å². The van der Waals surface area contributed by atoms with Gasteiger partial charge in [-0.25, -0.2) is 4.68 Å². The van der Waals surface area contributed by atoms with Crippen LogP contribution < -0.4 is 11.1 Å². The van der Waals surface area contributed by atoms with E-state index in [9.17, 15) is 4.79 Å². The molecule has 0 aliphatic carbocycles. The number of aryl methyl sites for hydroxylation is 1. The summed E-state index contributed by atoms with van der Waals surface area (Å²) in [5.41, 5.74) is 9.09. The summed E-state index contributed by atoms with van der Waals surface area (Å²) in [6.45, 7) is 1.89. The van der Waals surface area contributed by atoms with Crippen molar-refractivity contribution in [3.8, 4) is 5.69 Å². The summed E-state index contributed by atoms with van der Waals surface area (Å²) in [4.78, 5) is 16.4. The van der Waals surface area contributed by atoms with Crippen molar-refractivity contribution in [1.82, 2.24) is 14.8 Å². The van der Waals surface area contributed by atoms with Crippen molar-refractivity contribution in [3.05, 3.63) is 66.2 Å². The minimum Gasteiger partial charge on any atom is -0.396 e. The molecule has 0 spiro atoms. The second-order valence-corrected chi connectivity index (χ2v) is 4.91. The number of aromatic nitrogens is 3. The average Bonchev–Trinajstić information content (AvgIpc) is 2.96. The van der Waals surface area contributed by atoms with E-state index in [1.165, 1.54) is 0 Å². The van der Waals surface area contributed by atoms with Crippen molar-refractivity contribution in [1.29, 1.82) is 0 Å². The average molecular weight is 293 g/mol. The minimum absolute atomic E-state index is 0.201. The fourth-order valence-electron chi connectivity index (χ4n) is 2.01. The number of nitrogens with zero attached hydrogens (tertiary/aromatic N) is 3. The first-order valence-corrected chi connectivity index (χ1v) is 6.76. The predicted octanol–water partition coefficient (Wildman–Crippen LogP) is 2.41. The van der Waals surface area contributed by atoms with E-state index < -0.39 is 0 Å². The van der Waals surface area contributed by atoms with E-state index in [4.69, 9.17) is 5.73 Å². The lowest BCUT2D eigenvalue weighted by molar-refractivity contribution is 0.102. The van der Waals surface area contributed by atoms with Gasteiger partial charge in [0.05, 0.1) is 35.7 Å². The van der Waals surface area contributed by atoms with Crippen LogP contribution in [0.3, 0.4) is 0 Å². The fraction of sp³-hybridized carbons (Fsp3) is 0.0625. The second-order valence-electron chi connectivity index (χ2n) is 4.91. The number of hydrogen-bond acceptors (Lipinski definition) is 4. The Morgan fingerprint density at radius 3 is 2.77 bits per heavy atom. The molecule has 3 rings (SSSR count). The van der Waals surface area contributed by atoms with Crippen LogP contribution in [0.25, 0.3) is 5.69 Å². The zero-order valence-electron chi connectivity index (χ0n) is 12.0. The third-order valence-electron chi connectivity index (χ3n) is 3.14. The molecule has 2 aromatic heterocycles. The molecule has 0 atom stereocenters. The van der Waals surface area contributed by atoms with Gasteiger partial charge in [0.15, 0.2) is 0 Å². The normalized spacial score (nSPS) is 10.4. The Kier molecular flexibility index (Phi) is 3.57. The molecular weight excluding hydrogens is 278 g/mol. The van der Waals surface area contributed by atoms with E-state index in [0.717, 1.165) is 11.4 Å². The van der Waals surface area contributed by atoms with Gasteiger partial charge >= 0.3 is 0 Å². The van der Waals surface area contributed by atoms with E-state index in [1.54, 1.807) is 41.5 Å². The molecule has 3 N–H and O–H groups in total. The van der Waals surface area contributed by atoms with Gasteiger partial charge in [-0.15, -0.1) is 0 Å². The molecule has 0 aliphatic rings. The first-order chi connectivity index (χ1) is 10.6. The number of benzene rings is 1. The third-order valence-corrected chi connectivity index (χ3v) is 3.14. The van der Waals surface area contributed by atoms with Crippen LogP contribution in [-0.2, 0) is 0 Å². The van der Waals surface area contributed by atoms with Gasteiger partial charge < -0.3 is 11.1 Å². The summed E-state index contributed by atoms with van der Waals surface area (Å²) in [5, 5.41) is 6.94. The Morgan fingerprint density at radius 2 is 2.09 bits per heavy atom. The molecule has 3 aromatic rings. The number of nitrogens with one attached hydrogen (secondary N) is 1. The highest BCUT2D eigenvalue weighted by atomic mass is 16.1. The molecule has 2 heterocycles. The van der Waals surface area contributed by atoms with E-state index >= 15 is 0 Å². The maximum absolute atomic E-state index is 12.3. The minimum atomic E-state index is -0.201. The first-order valence-electron chi connectivity index (χ1n) is 6.76. The van der Waals surface area contributed by atoms with Crippen LogP contribution in [0.15, 0.2) is 55.0 Å². The largest absolute Gasteiger partial charge is 0.396 e. The molecule has 1 aromatic carbocycles. The van der Waals surface area contributed by atoms with Gasteiger partial charge in [-0.1, -0.05) is 6.07 Å². The first kappa shape index (κ1) is 13.8. The standard InChI is InChI=1S/C16H15N5O/c1-11-5-6-14(9-18-11)20-16(22)12-3-2-4-15(7-12)21-10-13(17)8-19-21/h2-10H,17H2,1H3,(H,20,22). The molecule has 110 valence electrons. The summed E-state index contributed by atoms with van der Waals surface area (Å²) in [6, 6.07) is 10.8. The summed E-state index contributed by atoms with van der Waals surface area (Å²) < 4.78 is 1.62. The molecular formula is C16H15N5O. The van der Waals surface area contributed by atoms with E-state index in [1.807, 2.05) is 25.1 Å². The maximum atomic E-state index is 12.3. The smallest absolute Gasteiger partial charge is 0.255 e. The molecule has 0 fully saturated rings. The quantitative estimate of drug-likeness (QED) is 0.776. The predicted molar refractivity (Wildman–Crippen MR) is 84.9 cm³/mol. The number of rotatable bonds is 3. The van der Waals surface area contributed by atoms with Gasteiger partial charge in [0.1, 0.15) is 0 Å². The van der Waals surface area contributed by atoms with Crippen LogP contribution in [0.1, 0.15) is 16.1 Å². The Labute approximate surface area is 127 Å². The van der Waals surface area contributed by atoms with Crippen molar-refractivity contribution < 1.29 is 4.79 Å². The van der Waals surface area contributed by atoms with Crippen LogP contribution in [0, 0.1) is 6.92 Å². The molecule has 1 amide bonds. The zero-order chi connectivity index (χ0) is 15.5. The van der Waals surface area contributed by atoms with Crippen molar-refractivity contribution in [2.24, 2.45) is 0 Å². The number of nitrogen functional groups attached to an aromatic ring is 1. The third kappa shape index (κ3) is 2.95. The molecule has 0 saturated heterocycles. The Morgan fingerprint density at radius 1 is 1.23 bits per heavy atom. The van der Waals surface area contributed by atoms with Gasteiger partial charge in [-0.2, -0.15) is 5.10 Å². The van der Waals surface area contributed by atoms with E-state index in [-0.39, 0.29) is 5.91 Å². The maximum Gasteiger partial charge on any atom is 0.255 e. The van der Waals surface area contributed by atoms with Crippen LogP contribution in [0.5, 0.6) is 0 Å². The van der Waals surface area contributed by atoms with Crippen LogP contribution >= 0.6 is 0 Å².